The Morgan fingerprint density at radius 1 is 1.27 bits per heavy atom. The van der Waals surface area contributed by atoms with Crippen LogP contribution in [-0.2, 0) is 16.0 Å². The lowest BCUT2D eigenvalue weighted by atomic mass is 9.78. The van der Waals surface area contributed by atoms with Gasteiger partial charge in [0, 0.05) is 19.5 Å². The van der Waals surface area contributed by atoms with Crippen molar-refractivity contribution in [1.82, 2.24) is 9.88 Å². The summed E-state index contributed by atoms with van der Waals surface area (Å²) in [5.41, 5.74) is 0.461. The first-order valence-electron chi connectivity index (χ1n) is 9.27. The minimum atomic E-state index is -0.808. The van der Waals surface area contributed by atoms with Crippen molar-refractivity contribution in [3.05, 3.63) is 29.3 Å². The molecular weight excluding hydrogens is 348 g/mol. The van der Waals surface area contributed by atoms with Crippen molar-refractivity contribution in [3.8, 4) is 0 Å². The first-order valence-corrected chi connectivity index (χ1v) is 10.1. The second-order valence-corrected chi connectivity index (χ2v) is 8.49. The Morgan fingerprint density at radius 3 is 2.54 bits per heavy atom. The van der Waals surface area contributed by atoms with E-state index in [9.17, 15) is 14.7 Å². The molecule has 1 saturated heterocycles. The predicted octanol–water partition coefficient (Wildman–Crippen LogP) is 3.82. The lowest BCUT2D eigenvalue weighted by Crippen LogP contribution is -2.44. The third kappa shape index (κ3) is 3.34. The molecular formula is C20H26N2O3S. The van der Waals surface area contributed by atoms with E-state index in [-0.39, 0.29) is 11.8 Å². The van der Waals surface area contributed by atoms with Gasteiger partial charge in [-0.2, -0.15) is 0 Å². The van der Waals surface area contributed by atoms with Crippen molar-refractivity contribution in [2.24, 2.45) is 17.3 Å². The molecule has 1 N–H and O–H groups in total. The fourth-order valence-corrected chi connectivity index (χ4v) is 5.06. The molecule has 6 heteroatoms. The molecule has 2 aromatic rings. The van der Waals surface area contributed by atoms with Gasteiger partial charge >= 0.3 is 5.97 Å². The number of nitrogens with zero attached hydrogens (tertiary/aromatic N) is 2. The number of carbonyl (C=O) groups is 2. The SMILES string of the molecule is CCC(CC)(Cc1nc2ccccc2s1)C(=O)N1C[C@@H](C)[C@H](C(=O)O)C1. The van der Waals surface area contributed by atoms with E-state index in [1.807, 2.05) is 39.0 Å². The van der Waals surface area contributed by atoms with Crippen LogP contribution in [0.2, 0.25) is 0 Å². The number of fused-ring (bicyclic) bond motifs is 1. The minimum Gasteiger partial charge on any atom is -0.481 e. The third-order valence-electron chi connectivity index (χ3n) is 5.85. The summed E-state index contributed by atoms with van der Waals surface area (Å²) in [5.74, 6) is -1.20. The lowest BCUT2D eigenvalue weighted by Gasteiger charge is -2.34. The van der Waals surface area contributed by atoms with E-state index < -0.39 is 17.3 Å². The van der Waals surface area contributed by atoms with Crippen LogP contribution in [0.3, 0.4) is 0 Å². The Morgan fingerprint density at radius 2 is 1.96 bits per heavy atom. The Hall–Kier alpha value is -1.95. The fourth-order valence-electron chi connectivity index (χ4n) is 3.95. The molecule has 1 amide bonds. The van der Waals surface area contributed by atoms with Crippen LogP contribution in [0.5, 0.6) is 0 Å². The number of carbonyl (C=O) groups excluding carboxylic acids is 1. The van der Waals surface area contributed by atoms with Gasteiger partial charge < -0.3 is 10.0 Å². The van der Waals surface area contributed by atoms with Crippen molar-refractivity contribution < 1.29 is 14.7 Å². The quantitative estimate of drug-likeness (QED) is 0.834. The monoisotopic (exact) mass is 374 g/mol. The molecule has 5 nitrogen and oxygen atoms in total. The molecule has 140 valence electrons. The van der Waals surface area contributed by atoms with E-state index in [0.717, 1.165) is 28.1 Å². The summed E-state index contributed by atoms with van der Waals surface area (Å²) in [4.78, 5) is 31.3. The topological polar surface area (TPSA) is 70.5 Å². The number of hydrogen-bond acceptors (Lipinski definition) is 4. The van der Waals surface area contributed by atoms with Gasteiger partial charge in [-0.05, 0) is 30.9 Å². The standard InChI is InChI=1S/C20H26N2O3S/c1-4-20(5-2,10-17-21-15-8-6-7-9-16(15)26-17)19(25)22-11-13(3)14(12-22)18(23)24/h6-9,13-14H,4-5,10-12H2,1-3H3,(H,23,24)/t13-,14-/m1/s1. The average molecular weight is 375 g/mol. The molecule has 1 fully saturated rings. The van der Waals surface area contributed by atoms with Gasteiger partial charge in [0.05, 0.1) is 26.6 Å². The molecule has 0 spiro atoms. The largest absolute Gasteiger partial charge is 0.481 e. The predicted molar refractivity (Wildman–Crippen MR) is 103 cm³/mol. The van der Waals surface area contributed by atoms with Gasteiger partial charge in [0.25, 0.3) is 0 Å². The molecule has 0 unspecified atom stereocenters. The van der Waals surface area contributed by atoms with Crippen LogP contribution >= 0.6 is 11.3 Å². The number of aliphatic carboxylic acids is 1. The Labute approximate surface area is 158 Å². The average Bonchev–Trinajstić information content (AvgIpc) is 3.21. The Bertz CT molecular complexity index is 779. The highest BCUT2D eigenvalue weighted by molar-refractivity contribution is 7.18. The van der Waals surface area contributed by atoms with Gasteiger partial charge in [-0.15, -0.1) is 11.3 Å². The van der Waals surface area contributed by atoms with Gasteiger partial charge in [-0.25, -0.2) is 4.98 Å². The molecule has 1 aromatic carbocycles. The molecule has 0 bridgehead atoms. The third-order valence-corrected chi connectivity index (χ3v) is 6.89. The zero-order valence-corrected chi connectivity index (χ0v) is 16.4. The number of benzene rings is 1. The maximum atomic E-state index is 13.4. The van der Waals surface area contributed by atoms with Crippen LogP contribution in [-0.4, -0.2) is 40.0 Å². The number of hydrogen-bond donors (Lipinski definition) is 1. The highest BCUT2D eigenvalue weighted by Crippen LogP contribution is 2.38. The molecule has 2 atom stereocenters. The first-order chi connectivity index (χ1) is 12.4. The summed E-state index contributed by atoms with van der Waals surface area (Å²) in [6.07, 6.45) is 2.06. The van der Waals surface area contributed by atoms with Gasteiger partial charge in [0.15, 0.2) is 0 Å². The number of amides is 1. The van der Waals surface area contributed by atoms with E-state index in [2.05, 4.69) is 6.07 Å². The maximum absolute atomic E-state index is 13.4. The van der Waals surface area contributed by atoms with E-state index in [4.69, 9.17) is 4.98 Å². The Balaban J connectivity index is 1.84. The fraction of sp³-hybridized carbons (Fsp3) is 0.550. The summed E-state index contributed by atoms with van der Waals surface area (Å²) >= 11 is 1.64. The van der Waals surface area contributed by atoms with Gasteiger partial charge in [-0.1, -0.05) is 32.9 Å². The maximum Gasteiger partial charge on any atom is 0.308 e. The van der Waals surface area contributed by atoms with Crippen molar-refractivity contribution >= 4 is 33.4 Å². The minimum absolute atomic E-state index is 0.00897. The molecule has 0 saturated carbocycles. The van der Waals surface area contributed by atoms with E-state index >= 15 is 0 Å². The second-order valence-electron chi connectivity index (χ2n) is 7.37. The highest BCUT2D eigenvalue weighted by atomic mass is 32.1. The lowest BCUT2D eigenvalue weighted by molar-refractivity contribution is -0.144. The van der Waals surface area contributed by atoms with Gasteiger partial charge in [0.1, 0.15) is 0 Å². The molecule has 1 aliphatic rings. The van der Waals surface area contributed by atoms with E-state index in [1.165, 1.54) is 0 Å². The van der Waals surface area contributed by atoms with Gasteiger partial charge in [0.2, 0.25) is 5.91 Å². The number of thiazole rings is 1. The number of para-hydroxylation sites is 1. The smallest absolute Gasteiger partial charge is 0.308 e. The number of aromatic nitrogens is 1. The van der Waals surface area contributed by atoms with Crippen LogP contribution < -0.4 is 0 Å². The number of carboxylic acids is 1. The summed E-state index contributed by atoms with van der Waals surface area (Å²) in [6.45, 7) is 6.85. The number of rotatable bonds is 6. The van der Waals surface area contributed by atoms with Crippen LogP contribution in [0, 0.1) is 17.3 Å². The summed E-state index contributed by atoms with van der Waals surface area (Å²) in [6, 6.07) is 8.02. The van der Waals surface area contributed by atoms with Crippen LogP contribution in [0.25, 0.3) is 10.2 Å². The molecule has 0 aliphatic carbocycles. The molecule has 0 radical (unpaired) electrons. The van der Waals surface area contributed by atoms with E-state index in [1.54, 1.807) is 16.2 Å². The van der Waals surface area contributed by atoms with Crippen molar-refractivity contribution in [1.29, 1.82) is 0 Å². The van der Waals surface area contributed by atoms with Crippen LogP contribution in [0.1, 0.15) is 38.6 Å². The van der Waals surface area contributed by atoms with Gasteiger partial charge in [-0.3, -0.25) is 9.59 Å². The van der Waals surface area contributed by atoms with Crippen molar-refractivity contribution in [2.75, 3.05) is 13.1 Å². The molecule has 1 aromatic heterocycles. The zero-order chi connectivity index (χ0) is 18.9. The second kappa shape index (κ2) is 7.35. The van der Waals surface area contributed by atoms with Crippen molar-refractivity contribution in [3.63, 3.8) is 0 Å². The van der Waals surface area contributed by atoms with E-state index in [0.29, 0.717) is 19.5 Å². The highest BCUT2D eigenvalue weighted by Gasteiger charge is 2.44. The Kier molecular flexibility index (Phi) is 5.32. The molecule has 26 heavy (non-hydrogen) atoms. The zero-order valence-electron chi connectivity index (χ0n) is 15.6. The van der Waals surface area contributed by atoms with Crippen LogP contribution in [0.4, 0.5) is 0 Å². The molecule has 1 aliphatic heterocycles. The summed E-state index contributed by atoms with van der Waals surface area (Å²) in [7, 11) is 0. The number of carboxylic acid groups (broad SMARTS) is 1. The number of likely N-dealkylation sites (tertiary alicyclic amines) is 1. The molecule has 2 heterocycles. The summed E-state index contributed by atoms with van der Waals surface area (Å²) < 4.78 is 1.14. The van der Waals surface area contributed by atoms with Crippen LogP contribution in [0.15, 0.2) is 24.3 Å². The first kappa shape index (κ1) is 18.8. The van der Waals surface area contributed by atoms with Crippen molar-refractivity contribution in [2.45, 2.75) is 40.0 Å². The molecule has 3 rings (SSSR count). The normalized spacial score (nSPS) is 20.7. The summed E-state index contributed by atoms with van der Waals surface area (Å²) in [5, 5.41) is 10.3.